The molecule has 1 N–H and O–H groups in total. The molecule has 1 heterocycles. The molecule has 2 rings (SSSR count). The summed E-state index contributed by atoms with van der Waals surface area (Å²) in [5.74, 6) is -0.919. The van der Waals surface area contributed by atoms with Gasteiger partial charge in [0.1, 0.15) is 5.75 Å². The maximum Gasteiger partial charge on any atom is 0.573 e. The van der Waals surface area contributed by atoms with Crippen LogP contribution < -0.4 is 10.1 Å². The molecule has 22 heavy (non-hydrogen) atoms. The number of carbonyl (C=O) groups excluding carboxylic acids is 1. The zero-order valence-electron chi connectivity index (χ0n) is 12.0. The Bertz CT molecular complexity index is 505. The average Bonchev–Trinajstić information content (AvgIpc) is 2.45. The van der Waals surface area contributed by atoms with Gasteiger partial charge in [0.15, 0.2) is 0 Å². The molecule has 0 spiro atoms. The zero-order chi connectivity index (χ0) is 15.5. The lowest BCUT2D eigenvalue weighted by Crippen LogP contribution is -2.44. The van der Waals surface area contributed by atoms with Gasteiger partial charge in [0.25, 0.3) is 5.91 Å². The van der Waals surface area contributed by atoms with Crippen molar-refractivity contribution in [1.29, 1.82) is 0 Å². The highest BCUT2D eigenvalue weighted by atomic mass is 35.5. The van der Waals surface area contributed by atoms with Gasteiger partial charge >= 0.3 is 6.36 Å². The molecule has 1 aromatic carbocycles. The lowest BCUT2D eigenvalue weighted by Gasteiger charge is -2.32. The van der Waals surface area contributed by atoms with Crippen molar-refractivity contribution < 1.29 is 22.7 Å². The summed E-state index contributed by atoms with van der Waals surface area (Å²) in [6.45, 7) is 1.59. The number of alkyl halides is 3. The van der Waals surface area contributed by atoms with Crippen molar-refractivity contribution in [2.24, 2.45) is 0 Å². The van der Waals surface area contributed by atoms with Crippen molar-refractivity contribution in [2.75, 3.05) is 20.1 Å². The van der Waals surface area contributed by atoms with E-state index in [9.17, 15) is 18.0 Å². The number of para-hydroxylation sites is 1. The molecule has 0 radical (unpaired) electrons. The van der Waals surface area contributed by atoms with E-state index in [1.54, 1.807) is 7.05 Å². The minimum atomic E-state index is -4.82. The maximum absolute atomic E-state index is 12.4. The Labute approximate surface area is 133 Å². The van der Waals surface area contributed by atoms with Gasteiger partial charge < -0.3 is 15.0 Å². The number of halogens is 4. The van der Waals surface area contributed by atoms with E-state index in [0.29, 0.717) is 0 Å². The van der Waals surface area contributed by atoms with Crippen molar-refractivity contribution in [3.63, 3.8) is 0 Å². The van der Waals surface area contributed by atoms with Crippen LogP contribution in [0.1, 0.15) is 23.2 Å². The van der Waals surface area contributed by atoms with Crippen molar-refractivity contribution in [2.45, 2.75) is 25.2 Å². The van der Waals surface area contributed by atoms with Gasteiger partial charge in [-0.15, -0.1) is 25.6 Å². The number of piperidine rings is 1. The SMILES string of the molecule is CN(C(=O)c1ccccc1OC(F)(F)F)C1CCNCC1.Cl. The minimum Gasteiger partial charge on any atom is -0.405 e. The smallest absolute Gasteiger partial charge is 0.405 e. The first kappa shape index (κ1) is 18.6. The van der Waals surface area contributed by atoms with Gasteiger partial charge in [0.05, 0.1) is 5.56 Å². The van der Waals surface area contributed by atoms with Crippen LogP contribution in [0.5, 0.6) is 5.75 Å². The molecule has 4 nitrogen and oxygen atoms in total. The Kier molecular flexibility index (Phi) is 6.49. The summed E-state index contributed by atoms with van der Waals surface area (Å²) in [6, 6.07) is 5.45. The standard InChI is InChI=1S/C14H17F3N2O2.ClH/c1-19(10-6-8-18-9-7-10)13(20)11-4-2-3-5-12(11)21-14(15,16)17;/h2-5,10,18H,6-9H2,1H3;1H. The molecule has 0 bridgehead atoms. The molecule has 0 atom stereocenters. The van der Waals surface area contributed by atoms with Gasteiger partial charge in [0.2, 0.25) is 0 Å². The quantitative estimate of drug-likeness (QED) is 0.921. The molecule has 0 aromatic heterocycles. The summed E-state index contributed by atoms with van der Waals surface area (Å²) in [6.07, 6.45) is -3.25. The number of nitrogens with zero attached hydrogens (tertiary/aromatic N) is 1. The van der Waals surface area contributed by atoms with E-state index >= 15 is 0 Å². The minimum absolute atomic E-state index is 0. The van der Waals surface area contributed by atoms with Gasteiger partial charge in [-0.25, -0.2) is 0 Å². The first-order chi connectivity index (χ1) is 9.88. The first-order valence-electron chi connectivity index (χ1n) is 6.71. The average molecular weight is 339 g/mol. The van der Waals surface area contributed by atoms with Crippen LogP contribution in [-0.2, 0) is 0 Å². The molecule has 1 aliphatic heterocycles. The van der Waals surface area contributed by atoms with E-state index in [0.717, 1.165) is 32.0 Å². The third kappa shape index (κ3) is 4.78. The van der Waals surface area contributed by atoms with E-state index in [2.05, 4.69) is 10.1 Å². The fourth-order valence-electron chi connectivity index (χ4n) is 2.41. The van der Waals surface area contributed by atoms with Crippen LogP contribution in [0.4, 0.5) is 13.2 Å². The number of benzene rings is 1. The van der Waals surface area contributed by atoms with E-state index < -0.39 is 18.0 Å². The van der Waals surface area contributed by atoms with Crippen molar-refractivity contribution in [1.82, 2.24) is 10.2 Å². The predicted octanol–water partition coefficient (Wildman–Crippen LogP) is 2.83. The highest BCUT2D eigenvalue weighted by Crippen LogP contribution is 2.27. The molecule has 1 amide bonds. The second-order valence-corrected chi connectivity index (χ2v) is 4.94. The van der Waals surface area contributed by atoms with Crippen LogP contribution in [-0.4, -0.2) is 43.3 Å². The van der Waals surface area contributed by atoms with Crippen LogP contribution in [0.3, 0.4) is 0 Å². The first-order valence-corrected chi connectivity index (χ1v) is 6.71. The zero-order valence-corrected chi connectivity index (χ0v) is 12.8. The van der Waals surface area contributed by atoms with Gasteiger partial charge in [-0.2, -0.15) is 0 Å². The van der Waals surface area contributed by atoms with Crippen LogP contribution in [0.25, 0.3) is 0 Å². The number of hydrogen-bond donors (Lipinski definition) is 1. The van der Waals surface area contributed by atoms with E-state index in [4.69, 9.17) is 0 Å². The molecule has 1 fully saturated rings. The Morgan fingerprint density at radius 2 is 1.86 bits per heavy atom. The molecule has 8 heteroatoms. The number of rotatable bonds is 3. The number of hydrogen-bond acceptors (Lipinski definition) is 3. The fourth-order valence-corrected chi connectivity index (χ4v) is 2.41. The molecule has 124 valence electrons. The van der Waals surface area contributed by atoms with E-state index in [-0.39, 0.29) is 24.0 Å². The van der Waals surface area contributed by atoms with Crippen LogP contribution >= 0.6 is 12.4 Å². The molecule has 0 aliphatic carbocycles. The van der Waals surface area contributed by atoms with E-state index in [1.165, 1.54) is 23.1 Å². The van der Waals surface area contributed by atoms with Gasteiger partial charge in [0, 0.05) is 13.1 Å². The summed E-state index contributed by atoms with van der Waals surface area (Å²) >= 11 is 0. The Balaban J connectivity index is 0.00000242. The summed E-state index contributed by atoms with van der Waals surface area (Å²) in [7, 11) is 1.61. The maximum atomic E-state index is 12.4. The Hall–Kier alpha value is -1.47. The van der Waals surface area contributed by atoms with Crippen molar-refractivity contribution in [3.8, 4) is 5.75 Å². The molecule has 1 aromatic rings. The lowest BCUT2D eigenvalue weighted by molar-refractivity contribution is -0.274. The number of nitrogens with one attached hydrogen (secondary N) is 1. The normalized spacial score (nSPS) is 15.8. The third-order valence-corrected chi connectivity index (χ3v) is 3.52. The predicted molar refractivity (Wildman–Crippen MR) is 78.4 cm³/mol. The molecule has 0 unspecified atom stereocenters. The molecular formula is C14H18ClF3N2O2. The second-order valence-electron chi connectivity index (χ2n) is 4.94. The highest BCUT2D eigenvalue weighted by molar-refractivity contribution is 5.97. The Morgan fingerprint density at radius 3 is 2.45 bits per heavy atom. The summed E-state index contributed by atoms with van der Waals surface area (Å²) in [4.78, 5) is 13.9. The number of ether oxygens (including phenoxy) is 1. The van der Waals surface area contributed by atoms with Gasteiger partial charge in [-0.1, -0.05) is 12.1 Å². The largest absolute Gasteiger partial charge is 0.573 e. The summed E-state index contributed by atoms with van der Waals surface area (Å²) in [5, 5.41) is 3.18. The van der Waals surface area contributed by atoms with Gasteiger partial charge in [-0.05, 0) is 38.1 Å². The summed E-state index contributed by atoms with van der Waals surface area (Å²) < 4.78 is 41.1. The topological polar surface area (TPSA) is 41.6 Å². The lowest BCUT2D eigenvalue weighted by atomic mass is 10.0. The molecule has 0 saturated carbocycles. The van der Waals surface area contributed by atoms with E-state index in [1.807, 2.05) is 0 Å². The second kappa shape index (κ2) is 7.69. The third-order valence-electron chi connectivity index (χ3n) is 3.52. The van der Waals surface area contributed by atoms with Gasteiger partial charge in [-0.3, -0.25) is 4.79 Å². The molecule has 1 saturated heterocycles. The van der Waals surface area contributed by atoms with Crippen LogP contribution in [0, 0.1) is 0 Å². The molecular weight excluding hydrogens is 321 g/mol. The van der Waals surface area contributed by atoms with Crippen LogP contribution in [0.2, 0.25) is 0 Å². The highest BCUT2D eigenvalue weighted by Gasteiger charge is 2.33. The van der Waals surface area contributed by atoms with Crippen molar-refractivity contribution >= 4 is 18.3 Å². The fraction of sp³-hybridized carbons (Fsp3) is 0.500. The number of amides is 1. The monoisotopic (exact) mass is 338 g/mol. The number of carbonyl (C=O) groups is 1. The summed E-state index contributed by atoms with van der Waals surface area (Å²) in [5.41, 5.74) is -0.0733. The van der Waals surface area contributed by atoms with Crippen LogP contribution in [0.15, 0.2) is 24.3 Å². The Morgan fingerprint density at radius 1 is 1.27 bits per heavy atom. The van der Waals surface area contributed by atoms with Crippen molar-refractivity contribution in [3.05, 3.63) is 29.8 Å². The molecule has 1 aliphatic rings.